The molecule has 0 aliphatic rings. The summed E-state index contributed by atoms with van der Waals surface area (Å²) in [5, 5.41) is 3.02. The van der Waals surface area contributed by atoms with Crippen molar-refractivity contribution >= 4 is 27.5 Å². The monoisotopic (exact) mass is 380 g/mol. The summed E-state index contributed by atoms with van der Waals surface area (Å²) in [6.45, 7) is 12.0. The number of fused-ring (bicyclic) bond motifs is 1. The Morgan fingerprint density at radius 3 is 2.70 bits per heavy atom. The summed E-state index contributed by atoms with van der Waals surface area (Å²) in [5.41, 5.74) is 3.25. The molecule has 0 radical (unpaired) electrons. The Labute approximate surface area is 146 Å². The molecule has 2 aromatic heterocycles. The second-order valence-corrected chi connectivity index (χ2v) is 6.63. The fourth-order valence-electron chi connectivity index (χ4n) is 2.78. The maximum Gasteiger partial charge on any atom is 0.270 e. The zero-order valence-corrected chi connectivity index (χ0v) is 15.9. The highest BCUT2D eigenvalue weighted by atomic mass is 79.9. The van der Waals surface area contributed by atoms with Gasteiger partial charge in [-0.25, -0.2) is 4.98 Å². The van der Waals surface area contributed by atoms with Gasteiger partial charge in [0, 0.05) is 17.2 Å². The van der Waals surface area contributed by atoms with Gasteiger partial charge in [-0.3, -0.25) is 9.20 Å². The number of aryl methyl sites for hydroxylation is 2. The summed E-state index contributed by atoms with van der Waals surface area (Å²) in [4.78, 5) is 19.4. The zero-order chi connectivity index (χ0) is 17.0. The van der Waals surface area contributed by atoms with Gasteiger partial charge in [-0.1, -0.05) is 13.8 Å². The van der Waals surface area contributed by atoms with E-state index in [1.165, 1.54) is 0 Å². The third kappa shape index (κ3) is 4.12. The number of rotatable bonds is 7. The topological polar surface area (TPSA) is 49.6 Å². The summed E-state index contributed by atoms with van der Waals surface area (Å²) in [6.07, 6.45) is 2.85. The molecule has 0 unspecified atom stereocenters. The molecule has 1 amide bonds. The molecule has 0 aliphatic heterocycles. The second-order valence-electron chi connectivity index (χ2n) is 5.72. The van der Waals surface area contributed by atoms with Gasteiger partial charge in [-0.2, -0.15) is 0 Å². The van der Waals surface area contributed by atoms with Crippen LogP contribution in [0.2, 0.25) is 0 Å². The molecule has 0 saturated heterocycles. The highest BCUT2D eigenvalue weighted by molar-refractivity contribution is 9.10. The Hall–Kier alpha value is -1.40. The highest BCUT2D eigenvalue weighted by Crippen LogP contribution is 2.20. The van der Waals surface area contributed by atoms with Crippen LogP contribution in [-0.4, -0.2) is 46.4 Å². The van der Waals surface area contributed by atoms with E-state index in [0.717, 1.165) is 47.4 Å². The molecule has 0 atom stereocenters. The van der Waals surface area contributed by atoms with Crippen LogP contribution in [0.3, 0.4) is 0 Å². The Kier molecular flexibility index (Phi) is 6.18. The lowest BCUT2D eigenvalue weighted by Gasteiger charge is -2.17. The van der Waals surface area contributed by atoms with Gasteiger partial charge in [0.05, 0.1) is 5.69 Å². The Balaban J connectivity index is 2.08. The third-order valence-corrected chi connectivity index (χ3v) is 4.52. The van der Waals surface area contributed by atoms with Crippen LogP contribution in [-0.2, 0) is 0 Å². The standard InChI is InChI=1S/C17H25BrN4O/c1-5-21(6-2)9-7-8-19-17(23)15-13(4)20-16-12(3)10-14(18)11-22(15)16/h10-11H,5-9H2,1-4H3,(H,19,23). The molecule has 1 N–H and O–H groups in total. The number of amides is 1. The van der Waals surface area contributed by atoms with Crippen molar-refractivity contribution in [3.8, 4) is 0 Å². The van der Waals surface area contributed by atoms with Crippen molar-refractivity contribution in [3.63, 3.8) is 0 Å². The lowest BCUT2D eigenvalue weighted by molar-refractivity contribution is 0.0945. The molecule has 0 saturated carbocycles. The molecule has 0 spiro atoms. The fraction of sp³-hybridized carbons (Fsp3) is 0.529. The van der Waals surface area contributed by atoms with Crippen molar-refractivity contribution in [1.82, 2.24) is 19.6 Å². The van der Waals surface area contributed by atoms with Crippen LogP contribution in [0.1, 0.15) is 42.0 Å². The minimum atomic E-state index is -0.0629. The smallest absolute Gasteiger partial charge is 0.270 e. The molecule has 23 heavy (non-hydrogen) atoms. The number of nitrogens with zero attached hydrogens (tertiary/aromatic N) is 3. The predicted molar refractivity (Wildman–Crippen MR) is 97.1 cm³/mol. The number of aromatic nitrogens is 2. The minimum absolute atomic E-state index is 0.0629. The van der Waals surface area contributed by atoms with Gasteiger partial charge in [0.2, 0.25) is 0 Å². The summed E-state index contributed by atoms with van der Waals surface area (Å²) >= 11 is 3.49. The first-order chi connectivity index (χ1) is 11.0. The number of carbonyl (C=O) groups is 1. The largest absolute Gasteiger partial charge is 0.351 e. The van der Waals surface area contributed by atoms with Gasteiger partial charge < -0.3 is 10.2 Å². The third-order valence-electron chi connectivity index (χ3n) is 4.09. The van der Waals surface area contributed by atoms with E-state index in [1.54, 1.807) is 0 Å². The number of imidazole rings is 1. The molecule has 2 heterocycles. The molecule has 2 rings (SSSR count). The van der Waals surface area contributed by atoms with Gasteiger partial charge in [0.1, 0.15) is 11.3 Å². The Morgan fingerprint density at radius 1 is 1.35 bits per heavy atom. The number of nitrogens with one attached hydrogen (secondary N) is 1. The molecule has 6 heteroatoms. The first kappa shape index (κ1) is 17.9. The summed E-state index contributed by atoms with van der Waals surface area (Å²) < 4.78 is 2.81. The molecule has 126 valence electrons. The van der Waals surface area contributed by atoms with E-state index in [1.807, 2.05) is 30.5 Å². The minimum Gasteiger partial charge on any atom is -0.351 e. The molecule has 0 fully saturated rings. The van der Waals surface area contributed by atoms with Gasteiger partial charge in [0.25, 0.3) is 5.91 Å². The fourth-order valence-corrected chi connectivity index (χ4v) is 3.33. The molecular weight excluding hydrogens is 356 g/mol. The maximum atomic E-state index is 12.5. The summed E-state index contributed by atoms with van der Waals surface area (Å²) in [7, 11) is 0. The predicted octanol–water partition coefficient (Wildman–Crippen LogP) is 3.18. The Bertz CT molecular complexity index is 691. The molecule has 2 aromatic rings. The van der Waals surface area contributed by atoms with Crippen molar-refractivity contribution in [1.29, 1.82) is 0 Å². The summed E-state index contributed by atoms with van der Waals surface area (Å²) in [5.74, 6) is -0.0629. The van der Waals surface area contributed by atoms with E-state index in [0.29, 0.717) is 12.2 Å². The van der Waals surface area contributed by atoms with Crippen LogP contribution in [0.5, 0.6) is 0 Å². The zero-order valence-electron chi connectivity index (χ0n) is 14.3. The first-order valence-electron chi connectivity index (χ1n) is 8.13. The number of hydrogen-bond acceptors (Lipinski definition) is 3. The van der Waals surface area contributed by atoms with E-state index < -0.39 is 0 Å². The molecule has 0 aromatic carbocycles. The van der Waals surface area contributed by atoms with E-state index in [9.17, 15) is 4.79 Å². The molecule has 5 nitrogen and oxygen atoms in total. The quantitative estimate of drug-likeness (QED) is 0.750. The number of pyridine rings is 1. The van der Waals surface area contributed by atoms with Crippen LogP contribution < -0.4 is 5.32 Å². The SMILES string of the molecule is CCN(CC)CCCNC(=O)c1c(C)nc2c(C)cc(Br)cn12. The van der Waals surface area contributed by atoms with Crippen LogP contribution >= 0.6 is 15.9 Å². The second kappa shape index (κ2) is 7.93. The van der Waals surface area contributed by atoms with Crippen molar-refractivity contribution in [2.75, 3.05) is 26.2 Å². The number of hydrogen-bond donors (Lipinski definition) is 1. The Morgan fingerprint density at radius 2 is 2.04 bits per heavy atom. The van der Waals surface area contributed by atoms with E-state index >= 15 is 0 Å². The maximum absolute atomic E-state index is 12.5. The van der Waals surface area contributed by atoms with E-state index in [2.05, 4.69) is 45.0 Å². The van der Waals surface area contributed by atoms with Gasteiger partial charge in [0.15, 0.2) is 0 Å². The van der Waals surface area contributed by atoms with Crippen molar-refractivity contribution in [2.24, 2.45) is 0 Å². The van der Waals surface area contributed by atoms with Crippen LogP contribution in [0.25, 0.3) is 5.65 Å². The lowest BCUT2D eigenvalue weighted by Crippen LogP contribution is -2.30. The number of halogens is 1. The average molecular weight is 381 g/mol. The normalized spacial score (nSPS) is 11.4. The van der Waals surface area contributed by atoms with E-state index in [-0.39, 0.29) is 5.91 Å². The van der Waals surface area contributed by atoms with Crippen molar-refractivity contribution in [3.05, 3.63) is 33.7 Å². The van der Waals surface area contributed by atoms with Crippen molar-refractivity contribution < 1.29 is 4.79 Å². The van der Waals surface area contributed by atoms with Crippen molar-refractivity contribution in [2.45, 2.75) is 34.1 Å². The van der Waals surface area contributed by atoms with Gasteiger partial charge >= 0.3 is 0 Å². The molecular formula is C17H25BrN4O. The highest BCUT2D eigenvalue weighted by Gasteiger charge is 2.17. The number of carbonyl (C=O) groups excluding carboxylic acids is 1. The van der Waals surface area contributed by atoms with Crippen LogP contribution in [0.15, 0.2) is 16.7 Å². The van der Waals surface area contributed by atoms with Crippen LogP contribution in [0.4, 0.5) is 0 Å². The van der Waals surface area contributed by atoms with Crippen LogP contribution in [0, 0.1) is 13.8 Å². The molecule has 0 bridgehead atoms. The van der Waals surface area contributed by atoms with Gasteiger partial charge in [-0.05, 0) is 67.5 Å². The first-order valence-corrected chi connectivity index (χ1v) is 8.92. The average Bonchev–Trinajstić information content (AvgIpc) is 2.84. The van der Waals surface area contributed by atoms with E-state index in [4.69, 9.17) is 0 Å². The molecule has 0 aliphatic carbocycles. The lowest BCUT2D eigenvalue weighted by atomic mass is 10.3. The van der Waals surface area contributed by atoms with Gasteiger partial charge in [-0.15, -0.1) is 0 Å². The summed E-state index contributed by atoms with van der Waals surface area (Å²) in [6, 6.07) is 2.01.